The third kappa shape index (κ3) is 2.73. The Balaban J connectivity index is 2.74. The Bertz CT molecular complexity index is 723. The predicted octanol–water partition coefficient (Wildman–Crippen LogP) is 3.86. The monoisotopic (exact) mass is 318 g/mol. The first-order chi connectivity index (χ1) is 9.62. The van der Waals surface area contributed by atoms with Crippen LogP contribution in [0, 0.1) is 13.8 Å². The smallest absolute Gasteiger partial charge is 0.436 e. The van der Waals surface area contributed by atoms with Gasteiger partial charge in [-0.3, -0.25) is 0 Å². The van der Waals surface area contributed by atoms with Crippen LogP contribution in [0.1, 0.15) is 27.2 Å². The molecule has 0 bridgehead atoms. The van der Waals surface area contributed by atoms with E-state index in [0.29, 0.717) is 11.3 Å². The first kappa shape index (κ1) is 15.4. The first-order valence-electron chi connectivity index (χ1n) is 5.79. The second-order valence-electron chi connectivity index (χ2n) is 4.52. The normalized spacial score (nSPS) is 11.7. The summed E-state index contributed by atoms with van der Waals surface area (Å²) in [6.45, 7) is 3.50. The quantitative estimate of drug-likeness (QED) is 0.914. The molecule has 4 nitrogen and oxygen atoms in total. The maximum atomic E-state index is 12.9. The summed E-state index contributed by atoms with van der Waals surface area (Å²) in [5.41, 5.74) is -0.730. The van der Waals surface area contributed by atoms with Crippen LogP contribution in [0.25, 0.3) is 5.69 Å². The van der Waals surface area contributed by atoms with Crippen LogP contribution >= 0.6 is 11.6 Å². The Hall–Kier alpha value is -2.02. The molecule has 8 heteroatoms. The molecule has 21 heavy (non-hydrogen) atoms. The van der Waals surface area contributed by atoms with E-state index in [-0.39, 0.29) is 0 Å². The third-order valence-electron chi connectivity index (χ3n) is 2.89. The van der Waals surface area contributed by atoms with Crippen molar-refractivity contribution >= 4 is 17.6 Å². The Labute approximate surface area is 122 Å². The molecule has 112 valence electrons. The van der Waals surface area contributed by atoms with Crippen molar-refractivity contribution in [2.75, 3.05) is 0 Å². The number of benzene rings is 1. The van der Waals surface area contributed by atoms with Crippen molar-refractivity contribution in [2.45, 2.75) is 20.0 Å². The molecule has 0 unspecified atom stereocenters. The number of carboxylic acids is 1. The van der Waals surface area contributed by atoms with Gasteiger partial charge in [0.15, 0.2) is 5.69 Å². The Morgan fingerprint density at radius 2 is 1.95 bits per heavy atom. The summed E-state index contributed by atoms with van der Waals surface area (Å²) in [6.07, 6.45) is -4.90. The van der Waals surface area contributed by atoms with E-state index in [2.05, 4.69) is 5.10 Å². The molecule has 0 aliphatic rings. The average Bonchev–Trinajstić information content (AvgIpc) is 2.67. The molecule has 0 aliphatic heterocycles. The highest BCUT2D eigenvalue weighted by atomic mass is 35.5. The van der Waals surface area contributed by atoms with Crippen LogP contribution in [0.4, 0.5) is 13.2 Å². The fraction of sp³-hybridized carbons (Fsp3) is 0.231. The zero-order valence-corrected chi connectivity index (χ0v) is 11.7. The van der Waals surface area contributed by atoms with Crippen molar-refractivity contribution in [1.29, 1.82) is 0 Å². The van der Waals surface area contributed by atoms with Gasteiger partial charge in [0, 0.05) is 0 Å². The number of halogens is 4. The largest absolute Gasteiger partial charge is 0.478 e. The molecular formula is C13H10ClF3N2O2. The van der Waals surface area contributed by atoms with Crippen molar-refractivity contribution in [1.82, 2.24) is 9.78 Å². The van der Waals surface area contributed by atoms with Gasteiger partial charge >= 0.3 is 12.1 Å². The summed E-state index contributed by atoms with van der Waals surface area (Å²) in [7, 11) is 0. The zero-order valence-electron chi connectivity index (χ0n) is 11.0. The van der Waals surface area contributed by atoms with Gasteiger partial charge in [-0.2, -0.15) is 18.3 Å². The molecule has 0 amide bonds. The molecule has 0 aliphatic carbocycles. The van der Waals surface area contributed by atoms with Gasteiger partial charge in [-0.25, -0.2) is 9.48 Å². The van der Waals surface area contributed by atoms with E-state index in [0.717, 1.165) is 10.2 Å². The van der Waals surface area contributed by atoms with E-state index in [4.69, 9.17) is 16.7 Å². The van der Waals surface area contributed by atoms with Gasteiger partial charge in [-0.15, -0.1) is 0 Å². The molecule has 0 fully saturated rings. The summed E-state index contributed by atoms with van der Waals surface area (Å²) < 4.78 is 39.4. The lowest BCUT2D eigenvalue weighted by atomic mass is 10.1. The van der Waals surface area contributed by atoms with Crippen molar-refractivity contribution in [3.05, 3.63) is 45.7 Å². The van der Waals surface area contributed by atoms with Crippen molar-refractivity contribution in [3.63, 3.8) is 0 Å². The van der Waals surface area contributed by atoms with Crippen LogP contribution in [0.3, 0.4) is 0 Å². The number of aromatic carboxylic acids is 1. The van der Waals surface area contributed by atoms with Crippen LogP contribution in [0.5, 0.6) is 0 Å². The van der Waals surface area contributed by atoms with Crippen LogP contribution < -0.4 is 0 Å². The van der Waals surface area contributed by atoms with E-state index >= 15 is 0 Å². The Morgan fingerprint density at radius 1 is 1.33 bits per heavy atom. The highest BCUT2D eigenvalue weighted by Crippen LogP contribution is 2.36. The third-order valence-corrected chi connectivity index (χ3v) is 3.24. The van der Waals surface area contributed by atoms with E-state index in [1.807, 2.05) is 6.92 Å². The van der Waals surface area contributed by atoms with E-state index in [1.54, 1.807) is 19.1 Å². The fourth-order valence-electron chi connectivity index (χ4n) is 1.99. The van der Waals surface area contributed by atoms with Crippen LogP contribution in [-0.4, -0.2) is 20.9 Å². The van der Waals surface area contributed by atoms with Gasteiger partial charge in [-0.1, -0.05) is 29.3 Å². The van der Waals surface area contributed by atoms with E-state index < -0.39 is 28.6 Å². The molecule has 0 saturated heterocycles. The zero-order chi connectivity index (χ0) is 15.9. The minimum absolute atomic E-state index is 0.295. The van der Waals surface area contributed by atoms with Gasteiger partial charge in [0.1, 0.15) is 10.7 Å². The van der Waals surface area contributed by atoms with Gasteiger partial charge in [-0.05, 0) is 25.5 Å². The van der Waals surface area contributed by atoms with E-state index in [9.17, 15) is 18.0 Å². The Kier molecular flexibility index (Phi) is 3.71. The number of rotatable bonds is 2. The first-order valence-corrected chi connectivity index (χ1v) is 6.17. The average molecular weight is 319 g/mol. The highest BCUT2D eigenvalue weighted by Gasteiger charge is 2.41. The van der Waals surface area contributed by atoms with Crippen LogP contribution in [0.2, 0.25) is 5.15 Å². The molecule has 2 aromatic rings. The van der Waals surface area contributed by atoms with Crippen molar-refractivity contribution in [3.8, 4) is 5.69 Å². The number of hydrogen-bond donors (Lipinski definition) is 1. The van der Waals surface area contributed by atoms with Crippen molar-refractivity contribution < 1.29 is 23.1 Å². The number of aromatic nitrogens is 2. The second-order valence-corrected chi connectivity index (χ2v) is 4.88. The van der Waals surface area contributed by atoms with Crippen molar-refractivity contribution in [2.24, 2.45) is 0 Å². The van der Waals surface area contributed by atoms with Crippen LogP contribution in [0.15, 0.2) is 18.2 Å². The minimum atomic E-state index is -4.90. The highest BCUT2D eigenvalue weighted by molar-refractivity contribution is 6.33. The maximum Gasteiger partial charge on any atom is 0.436 e. The molecule has 2 rings (SSSR count). The second kappa shape index (κ2) is 5.07. The van der Waals surface area contributed by atoms with Gasteiger partial charge in [0.05, 0.1) is 5.69 Å². The number of hydrogen-bond acceptors (Lipinski definition) is 2. The van der Waals surface area contributed by atoms with E-state index in [1.165, 1.54) is 6.07 Å². The number of alkyl halides is 3. The fourth-order valence-corrected chi connectivity index (χ4v) is 2.29. The minimum Gasteiger partial charge on any atom is -0.478 e. The molecule has 1 aromatic carbocycles. The molecule has 0 radical (unpaired) electrons. The van der Waals surface area contributed by atoms with Crippen LogP contribution in [-0.2, 0) is 6.18 Å². The number of carbonyl (C=O) groups is 1. The lowest BCUT2D eigenvalue weighted by molar-refractivity contribution is -0.141. The molecule has 1 N–H and O–H groups in total. The maximum absolute atomic E-state index is 12.9. The number of nitrogens with zero attached hydrogens (tertiary/aromatic N) is 2. The molecular weight excluding hydrogens is 309 g/mol. The molecule has 1 heterocycles. The lowest BCUT2D eigenvalue weighted by Gasteiger charge is -2.08. The summed E-state index contributed by atoms with van der Waals surface area (Å²) in [4.78, 5) is 11.0. The summed E-state index contributed by atoms with van der Waals surface area (Å²) in [6, 6.07) is 4.95. The SMILES string of the molecule is Cc1ccc(-n2nc(C(F)(F)F)c(C(=O)O)c2Cl)c(C)c1. The number of aryl methyl sites for hydroxylation is 2. The molecule has 0 spiro atoms. The Morgan fingerprint density at radius 3 is 2.38 bits per heavy atom. The lowest BCUT2D eigenvalue weighted by Crippen LogP contribution is -2.12. The topological polar surface area (TPSA) is 55.1 Å². The molecule has 0 saturated carbocycles. The summed E-state index contributed by atoms with van der Waals surface area (Å²) in [5.74, 6) is -1.77. The van der Waals surface area contributed by atoms with Gasteiger partial charge in [0.2, 0.25) is 0 Å². The number of carboxylic acid groups (broad SMARTS) is 1. The summed E-state index contributed by atoms with van der Waals surface area (Å²) in [5, 5.41) is 11.7. The predicted molar refractivity (Wildman–Crippen MR) is 70.0 cm³/mol. The summed E-state index contributed by atoms with van der Waals surface area (Å²) >= 11 is 5.80. The molecule has 1 aromatic heterocycles. The van der Waals surface area contributed by atoms with Gasteiger partial charge < -0.3 is 5.11 Å². The molecule has 0 atom stereocenters. The van der Waals surface area contributed by atoms with Gasteiger partial charge in [0.25, 0.3) is 0 Å². The standard InChI is InChI=1S/C13H10ClF3N2O2/c1-6-3-4-8(7(2)5-6)19-11(14)9(12(20)21)10(18-19)13(15,16)17/h3-5H,1-2H3,(H,20,21).